The molecule has 22 heavy (non-hydrogen) atoms. The maximum atomic E-state index is 12.4. The van der Waals surface area contributed by atoms with Crippen LogP contribution in [0.5, 0.6) is 0 Å². The van der Waals surface area contributed by atoms with E-state index in [1.165, 1.54) is 6.08 Å². The summed E-state index contributed by atoms with van der Waals surface area (Å²) in [5.74, 6) is -1.28. The predicted octanol–water partition coefficient (Wildman–Crippen LogP) is 3.95. The van der Waals surface area contributed by atoms with Gasteiger partial charge in [-0.2, -0.15) is 18.4 Å². The molecule has 1 aromatic carbocycles. The van der Waals surface area contributed by atoms with Crippen molar-refractivity contribution in [3.05, 3.63) is 53.8 Å². The Kier molecular flexibility index (Phi) is 5.75. The highest BCUT2D eigenvalue weighted by Crippen LogP contribution is 2.29. The summed E-state index contributed by atoms with van der Waals surface area (Å²) in [6.07, 6.45) is -2.50. The van der Waals surface area contributed by atoms with E-state index in [1.54, 1.807) is 6.07 Å². The largest absolute Gasteiger partial charge is 0.511 e. The number of benzene rings is 1. The van der Waals surface area contributed by atoms with Crippen LogP contribution in [0.15, 0.2) is 48.3 Å². The summed E-state index contributed by atoms with van der Waals surface area (Å²) in [5.41, 5.74) is -1.25. The molecule has 0 spiro atoms. The van der Waals surface area contributed by atoms with Crippen LogP contribution in [0, 0.1) is 11.3 Å². The summed E-state index contributed by atoms with van der Waals surface area (Å²) in [5, 5.41) is 20.8. The van der Waals surface area contributed by atoms with Crippen LogP contribution in [0.4, 0.5) is 18.9 Å². The molecule has 0 atom stereocenters. The zero-order chi connectivity index (χ0) is 16.8. The van der Waals surface area contributed by atoms with Crippen molar-refractivity contribution >= 4 is 11.6 Å². The third-order valence-electron chi connectivity index (χ3n) is 2.68. The second kappa shape index (κ2) is 7.31. The van der Waals surface area contributed by atoms with Crippen molar-refractivity contribution < 1.29 is 23.1 Å². The van der Waals surface area contributed by atoms with Crippen molar-refractivity contribution in [1.29, 1.82) is 5.26 Å². The first-order chi connectivity index (χ1) is 10.3. The van der Waals surface area contributed by atoms with Gasteiger partial charge in [-0.15, -0.1) is 6.58 Å². The van der Waals surface area contributed by atoms with Gasteiger partial charge in [0.05, 0.1) is 5.56 Å². The summed E-state index contributed by atoms with van der Waals surface area (Å²) >= 11 is 0. The van der Waals surface area contributed by atoms with E-state index < -0.39 is 29.0 Å². The van der Waals surface area contributed by atoms with Crippen molar-refractivity contribution in [1.82, 2.24) is 0 Å². The zero-order valence-electron chi connectivity index (χ0n) is 11.4. The monoisotopic (exact) mass is 310 g/mol. The smallest absolute Gasteiger partial charge is 0.416 e. The van der Waals surface area contributed by atoms with E-state index >= 15 is 0 Å². The molecule has 0 bridgehead atoms. The molecule has 0 radical (unpaired) electrons. The fraction of sp³-hybridized carbons (Fsp3) is 0.200. The molecular weight excluding hydrogens is 297 g/mol. The number of nitrogens with one attached hydrogen (secondary N) is 1. The molecule has 0 aliphatic rings. The van der Waals surface area contributed by atoms with Crippen LogP contribution in [0.25, 0.3) is 0 Å². The van der Waals surface area contributed by atoms with Gasteiger partial charge in [-0.25, -0.2) is 0 Å². The number of rotatable bonds is 5. The van der Waals surface area contributed by atoms with Gasteiger partial charge in [0, 0.05) is 12.1 Å². The minimum Gasteiger partial charge on any atom is -0.511 e. The fourth-order valence-electron chi connectivity index (χ4n) is 1.55. The second-order valence-electron chi connectivity index (χ2n) is 4.29. The Morgan fingerprint density at radius 1 is 1.36 bits per heavy atom. The summed E-state index contributed by atoms with van der Waals surface area (Å²) in [7, 11) is 0. The number of alkyl halides is 3. The number of amides is 1. The van der Waals surface area contributed by atoms with Gasteiger partial charge < -0.3 is 10.4 Å². The van der Waals surface area contributed by atoms with Crippen LogP contribution in [0.1, 0.15) is 18.4 Å². The molecule has 7 heteroatoms. The lowest BCUT2D eigenvalue weighted by atomic mass is 10.1. The van der Waals surface area contributed by atoms with Crippen LogP contribution >= 0.6 is 0 Å². The first-order valence-corrected chi connectivity index (χ1v) is 6.21. The van der Waals surface area contributed by atoms with Gasteiger partial charge in [0.1, 0.15) is 11.8 Å². The number of aliphatic hydroxyl groups excluding tert-OH is 1. The Hall–Kier alpha value is -2.75. The van der Waals surface area contributed by atoms with Gasteiger partial charge in [-0.3, -0.25) is 4.79 Å². The molecule has 0 saturated heterocycles. The minimum atomic E-state index is -4.47. The SMILES string of the molecule is C=CCC/C(O)=C(\C#N)C(=O)Nc1ccc(C(F)(F)F)cc1. The highest BCUT2D eigenvalue weighted by atomic mass is 19.4. The third-order valence-corrected chi connectivity index (χ3v) is 2.68. The topological polar surface area (TPSA) is 73.1 Å². The molecule has 0 saturated carbocycles. The Labute approximate surface area is 125 Å². The lowest BCUT2D eigenvalue weighted by Gasteiger charge is -2.09. The number of carbonyl (C=O) groups is 1. The average Bonchev–Trinajstić information content (AvgIpc) is 2.45. The number of allylic oxidation sites excluding steroid dienone is 2. The maximum Gasteiger partial charge on any atom is 0.416 e. The zero-order valence-corrected chi connectivity index (χ0v) is 11.4. The number of hydrogen-bond donors (Lipinski definition) is 2. The average molecular weight is 310 g/mol. The van der Waals surface area contributed by atoms with Crippen LogP contribution in [-0.2, 0) is 11.0 Å². The molecule has 0 heterocycles. The molecule has 0 aliphatic carbocycles. The van der Waals surface area contributed by atoms with E-state index in [0.717, 1.165) is 24.3 Å². The van der Waals surface area contributed by atoms with Gasteiger partial charge in [-0.05, 0) is 30.7 Å². The summed E-state index contributed by atoms with van der Waals surface area (Å²) in [4.78, 5) is 11.8. The van der Waals surface area contributed by atoms with Crippen LogP contribution in [-0.4, -0.2) is 11.0 Å². The molecule has 0 aliphatic heterocycles. The molecule has 1 aromatic rings. The highest BCUT2D eigenvalue weighted by molar-refractivity contribution is 6.06. The number of halogens is 3. The Morgan fingerprint density at radius 2 is 1.95 bits per heavy atom. The number of anilines is 1. The number of nitriles is 1. The van der Waals surface area contributed by atoms with Crippen molar-refractivity contribution in [3.63, 3.8) is 0 Å². The van der Waals surface area contributed by atoms with Crippen molar-refractivity contribution in [2.24, 2.45) is 0 Å². The van der Waals surface area contributed by atoms with E-state index in [2.05, 4.69) is 11.9 Å². The van der Waals surface area contributed by atoms with E-state index in [4.69, 9.17) is 5.26 Å². The normalized spacial score (nSPS) is 12.1. The van der Waals surface area contributed by atoms with Gasteiger partial charge >= 0.3 is 6.18 Å². The first-order valence-electron chi connectivity index (χ1n) is 6.21. The van der Waals surface area contributed by atoms with E-state index in [0.29, 0.717) is 6.42 Å². The number of aliphatic hydroxyl groups is 1. The van der Waals surface area contributed by atoms with Gasteiger partial charge in [-0.1, -0.05) is 6.08 Å². The first kappa shape index (κ1) is 17.3. The molecule has 1 amide bonds. The van der Waals surface area contributed by atoms with Gasteiger partial charge in [0.15, 0.2) is 5.57 Å². The second-order valence-corrected chi connectivity index (χ2v) is 4.29. The molecule has 4 nitrogen and oxygen atoms in total. The van der Waals surface area contributed by atoms with Gasteiger partial charge in [0.25, 0.3) is 5.91 Å². The van der Waals surface area contributed by atoms with E-state index in [1.807, 2.05) is 0 Å². The van der Waals surface area contributed by atoms with Crippen LogP contribution in [0.2, 0.25) is 0 Å². The third kappa shape index (κ3) is 4.66. The number of carbonyl (C=O) groups excluding carboxylic acids is 1. The molecule has 0 fully saturated rings. The molecular formula is C15H13F3N2O2. The molecule has 2 N–H and O–H groups in total. The van der Waals surface area contributed by atoms with E-state index in [-0.39, 0.29) is 12.1 Å². The van der Waals surface area contributed by atoms with Crippen molar-refractivity contribution in [2.45, 2.75) is 19.0 Å². The Bertz CT molecular complexity index is 626. The number of nitrogens with zero attached hydrogens (tertiary/aromatic N) is 1. The van der Waals surface area contributed by atoms with Crippen LogP contribution in [0.3, 0.4) is 0 Å². The summed E-state index contributed by atoms with van der Waals surface area (Å²) < 4.78 is 37.2. The quantitative estimate of drug-likeness (QED) is 0.374. The molecule has 0 aromatic heterocycles. The highest BCUT2D eigenvalue weighted by Gasteiger charge is 2.30. The van der Waals surface area contributed by atoms with Crippen LogP contribution < -0.4 is 5.32 Å². The van der Waals surface area contributed by atoms with Gasteiger partial charge in [0.2, 0.25) is 0 Å². The summed E-state index contributed by atoms with van der Waals surface area (Å²) in [6, 6.07) is 5.32. The van der Waals surface area contributed by atoms with Crippen molar-refractivity contribution in [3.8, 4) is 6.07 Å². The lowest BCUT2D eigenvalue weighted by molar-refractivity contribution is -0.137. The maximum absolute atomic E-state index is 12.4. The molecule has 0 unspecified atom stereocenters. The molecule has 116 valence electrons. The van der Waals surface area contributed by atoms with Crippen molar-refractivity contribution in [2.75, 3.05) is 5.32 Å². The Balaban J connectivity index is 2.87. The standard InChI is InChI=1S/C15H13F3N2O2/c1-2-3-4-13(21)12(9-19)14(22)20-11-7-5-10(6-8-11)15(16,17)18/h2,5-8,21H,1,3-4H2,(H,20,22)/b13-12-. The fourth-order valence-corrected chi connectivity index (χ4v) is 1.55. The summed E-state index contributed by atoms with van der Waals surface area (Å²) in [6.45, 7) is 3.45. The minimum absolute atomic E-state index is 0.0762. The van der Waals surface area contributed by atoms with E-state index in [9.17, 15) is 23.1 Å². The predicted molar refractivity (Wildman–Crippen MR) is 74.8 cm³/mol. The molecule has 1 rings (SSSR count). The number of hydrogen-bond acceptors (Lipinski definition) is 3. The Morgan fingerprint density at radius 3 is 2.41 bits per heavy atom. The lowest BCUT2D eigenvalue weighted by Crippen LogP contribution is -2.15.